The lowest BCUT2D eigenvalue weighted by Crippen LogP contribution is -2.41. The molecule has 0 saturated carbocycles. The second kappa shape index (κ2) is 7.78. The average molecular weight is 407 g/mol. The van der Waals surface area contributed by atoms with Crippen molar-refractivity contribution in [2.24, 2.45) is 0 Å². The SMILES string of the molecule is CS(=O)(=O)N1CCC(Nc2cc(-c3ccnc(C#N)c3)cc3ccncc23)CC1. The van der Waals surface area contributed by atoms with Crippen molar-refractivity contribution in [1.29, 1.82) is 5.26 Å². The highest BCUT2D eigenvalue weighted by Gasteiger charge is 2.25. The minimum absolute atomic E-state index is 0.179. The van der Waals surface area contributed by atoms with Crippen LogP contribution in [-0.4, -0.2) is 48.1 Å². The molecule has 3 heterocycles. The molecule has 4 rings (SSSR count). The summed E-state index contributed by atoms with van der Waals surface area (Å²) >= 11 is 0. The Balaban J connectivity index is 1.66. The van der Waals surface area contributed by atoms with Crippen LogP contribution < -0.4 is 5.32 Å². The zero-order valence-electron chi connectivity index (χ0n) is 16.0. The van der Waals surface area contributed by atoms with E-state index in [-0.39, 0.29) is 6.04 Å². The Hall–Kier alpha value is -3.02. The Kier molecular flexibility index (Phi) is 5.18. The van der Waals surface area contributed by atoms with Crippen molar-refractivity contribution < 1.29 is 8.42 Å². The van der Waals surface area contributed by atoms with Crippen molar-refractivity contribution in [3.8, 4) is 17.2 Å². The number of hydrogen-bond acceptors (Lipinski definition) is 6. The Morgan fingerprint density at radius 2 is 1.93 bits per heavy atom. The quantitative estimate of drug-likeness (QED) is 0.714. The first-order valence-electron chi connectivity index (χ1n) is 9.40. The van der Waals surface area contributed by atoms with Crippen molar-refractivity contribution >= 4 is 26.5 Å². The van der Waals surface area contributed by atoms with E-state index in [0.29, 0.717) is 18.8 Å². The number of fused-ring (bicyclic) bond motifs is 1. The van der Waals surface area contributed by atoms with E-state index in [1.165, 1.54) is 10.6 Å². The number of nitrogens with zero attached hydrogens (tertiary/aromatic N) is 4. The summed E-state index contributed by atoms with van der Waals surface area (Å²) in [7, 11) is -3.14. The third-order valence-corrected chi connectivity index (χ3v) is 6.55. The van der Waals surface area contributed by atoms with Gasteiger partial charge in [0.15, 0.2) is 0 Å². The third-order valence-electron chi connectivity index (χ3n) is 5.25. The van der Waals surface area contributed by atoms with Gasteiger partial charge in [-0.2, -0.15) is 5.26 Å². The molecule has 0 spiro atoms. The predicted molar refractivity (Wildman–Crippen MR) is 113 cm³/mol. The van der Waals surface area contributed by atoms with Crippen LogP contribution in [0.4, 0.5) is 5.69 Å². The molecule has 0 amide bonds. The van der Waals surface area contributed by atoms with Gasteiger partial charge in [0.25, 0.3) is 0 Å². The fourth-order valence-electron chi connectivity index (χ4n) is 3.71. The molecule has 1 aliphatic rings. The fourth-order valence-corrected chi connectivity index (χ4v) is 4.58. The summed E-state index contributed by atoms with van der Waals surface area (Å²) in [6.45, 7) is 1.03. The van der Waals surface area contributed by atoms with Crippen LogP contribution in [0.3, 0.4) is 0 Å². The first-order chi connectivity index (χ1) is 13.9. The highest BCUT2D eigenvalue weighted by atomic mass is 32.2. The van der Waals surface area contributed by atoms with Crippen LogP contribution in [0.15, 0.2) is 48.9 Å². The van der Waals surface area contributed by atoms with Crippen LogP contribution in [0.5, 0.6) is 0 Å². The number of anilines is 1. The highest BCUT2D eigenvalue weighted by molar-refractivity contribution is 7.88. The summed E-state index contributed by atoms with van der Waals surface area (Å²) in [4.78, 5) is 8.31. The van der Waals surface area contributed by atoms with Crippen LogP contribution in [-0.2, 0) is 10.0 Å². The Morgan fingerprint density at radius 1 is 1.14 bits per heavy atom. The van der Waals surface area contributed by atoms with E-state index in [1.54, 1.807) is 18.5 Å². The molecular formula is C21H21N5O2S. The third kappa shape index (κ3) is 4.21. The predicted octanol–water partition coefficient (Wildman–Crippen LogP) is 3.00. The van der Waals surface area contributed by atoms with Crippen LogP contribution in [0.2, 0.25) is 0 Å². The number of hydrogen-bond donors (Lipinski definition) is 1. The highest BCUT2D eigenvalue weighted by Crippen LogP contribution is 2.32. The largest absolute Gasteiger partial charge is 0.382 e. The Bertz CT molecular complexity index is 1200. The standard InChI is InChI=1S/C21H21N5O2S/c1-29(27,28)26-8-4-18(5-9-26)25-21-12-17(10-16-2-6-23-14-20(16)21)15-3-7-24-19(11-15)13-22/h2-3,6-7,10-12,14,18,25H,4-5,8-9H2,1H3. The molecule has 8 heteroatoms. The molecule has 1 saturated heterocycles. The number of rotatable bonds is 4. The molecule has 0 bridgehead atoms. The molecule has 1 aromatic carbocycles. The molecular weight excluding hydrogens is 386 g/mol. The number of nitriles is 1. The molecule has 0 aliphatic carbocycles. The van der Waals surface area contributed by atoms with Gasteiger partial charge in [0, 0.05) is 48.8 Å². The van der Waals surface area contributed by atoms with Gasteiger partial charge in [-0.25, -0.2) is 17.7 Å². The maximum Gasteiger partial charge on any atom is 0.211 e. The Labute approximate surface area is 170 Å². The van der Waals surface area contributed by atoms with E-state index in [1.807, 2.05) is 18.3 Å². The van der Waals surface area contributed by atoms with Gasteiger partial charge in [-0.15, -0.1) is 0 Å². The zero-order valence-corrected chi connectivity index (χ0v) is 16.9. The maximum atomic E-state index is 11.7. The second-order valence-electron chi connectivity index (χ2n) is 7.24. The summed E-state index contributed by atoms with van der Waals surface area (Å²) in [5, 5.41) is 14.8. The second-order valence-corrected chi connectivity index (χ2v) is 9.23. The van der Waals surface area contributed by atoms with Gasteiger partial charge in [-0.05, 0) is 59.7 Å². The zero-order chi connectivity index (χ0) is 20.4. The lowest BCUT2D eigenvalue weighted by Gasteiger charge is -2.31. The normalized spacial score (nSPS) is 15.9. The van der Waals surface area contributed by atoms with E-state index < -0.39 is 10.0 Å². The minimum atomic E-state index is -3.14. The van der Waals surface area contributed by atoms with E-state index in [2.05, 4.69) is 33.5 Å². The maximum absolute atomic E-state index is 11.7. The van der Waals surface area contributed by atoms with E-state index in [4.69, 9.17) is 5.26 Å². The number of pyridine rings is 2. The summed E-state index contributed by atoms with van der Waals surface area (Å²) in [5.74, 6) is 0. The number of aromatic nitrogens is 2. The average Bonchev–Trinajstić information content (AvgIpc) is 2.73. The molecule has 1 N–H and O–H groups in total. The molecule has 2 aromatic heterocycles. The van der Waals surface area contributed by atoms with Gasteiger partial charge in [0.1, 0.15) is 11.8 Å². The van der Waals surface area contributed by atoms with Crippen molar-refractivity contribution in [3.05, 3.63) is 54.6 Å². The van der Waals surface area contributed by atoms with Crippen LogP contribution in [0, 0.1) is 11.3 Å². The van der Waals surface area contributed by atoms with Gasteiger partial charge in [0.2, 0.25) is 10.0 Å². The Morgan fingerprint density at radius 3 is 2.66 bits per heavy atom. The molecule has 1 fully saturated rings. The smallest absolute Gasteiger partial charge is 0.211 e. The summed E-state index contributed by atoms with van der Waals surface area (Å²) in [6, 6.07) is 12.0. The van der Waals surface area contributed by atoms with Gasteiger partial charge < -0.3 is 5.32 Å². The van der Waals surface area contributed by atoms with E-state index in [0.717, 1.165) is 40.4 Å². The first kappa shape index (κ1) is 19.3. The van der Waals surface area contributed by atoms with Gasteiger partial charge in [0.05, 0.1) is 6.26 Å². The fraction of sp³-hybridized carbons (Fsp3) is 0.286. The monoisotopic (exact) mass is 407 g/mol. The summed E-state index contributed by atoms with van der Waals surface area (Å²) in [6.07, 6.45) is 7.97. The molecule has 0 unspecified atom stereocenters. The van der Waals surface area contributed by atoms with Crippen molar-refractivity contribution in [2.75, 3.05) is 24.7 Å². The van der Waals surface area contributed by atoms with Gasteiger partial charge >= 0.3 is 0 Å². The molecule has 29 heavy (non-hydrogen) atoms. The van der Waals surface area contributed by atoms with Gasteiger partial charge in [-0.3, -0.25) is 4.98 Å². The number of piperidine rings is 1. The van der Waals surface area contributed by atoms with E-state index in [9.17, 15) is 8.42 Å². The first-order valence-corrected chi connectivity index (χ1v) is 11.2. The van der Waals surface area contributed by atoms with Crippen molar-refractivity contribution in [1.82, 2.24) is 14.3 Å². The number of nitrogens with one attached hydrogen (secondary N) is 1. The minimum Gasteiger partial charge on any atom is -0.382 e. The van der Waals surface area contributed by atoms with Crippen molar-refractivity contribution in [3.63, 3.8) is 0 Å². The molecule has 0 radical (unpaired) electrons. The van der Waals surface area contributed by atoms with Crippen LogP contribution in [0.25, 0.3) is 21.9 Å². The lowest BCUT2D eigenvalue weighted by molar-refractivity contribution is 0.332. The number of sulfonamides is 1. The van der Waals surface area contributed by atoms with Crippen LogP contribution in [0.1, 0.15) is 18.5 Å². The lowest BCUT2D eigenvalue weighted by atomic mass is 9.99. The van der Waals surface area contributed by atoms with Gasteiger partial charge in [-0.1, -0.05) is 0 Å². The summed E-state index contributed by atoms with van der Waals surface area (Å²) < 4.78 is 25.0. The number of benzene rings is 1. The molecule has 148 valence electrons. The van der Waals surface area contributed by atoms with Crippen LogP contribution >= 0.6 is 0 Å². The summed E-state index contributed by atoms with van der Waals surface area (Å²) in [5.41, 5.74) is 3.24. The van der Waals surface area contributed by atoms with Crippen molar-refractivity contribution in [2.45, 2.75) is 18.9 Å². The molecule has 7 nitrogen and oxygen atoms in total. The molecule has 1 aliphatic heterocycles. The molecule has 0 atom stereocenters. The molecule has 3 aromatic rings. The van der Waals surface area contributed by atoms with E-state index >= 15 is 0 Å². The topological polar surface area (TPSA) is 99.0 Å².